The average Bonchev–Trinajstić information content (AvgIpc) is 2.84. The van der Waals surface area contributed by atoms with Crippen molar-refractivity contribution in [3.8, 4) is 0 Å². The second kappa shape index (κ2) is 5.53. The molecule has 0 bridgehead atoms. The van der Waals surface area contributed by atoms with Crippen LogP contribution in [0.5, 0.6) is 0 Å². The van der Waals surface area contributed by atoms with Crippen molar-refractivity contribution in [2.45, 2.75) is 39.3 Å². The van der Waals surface area contributed by atoms with Crippen molar-refractivity contribution in [2.24, 2.45) is 5.92 Å². The molecule has 1 aliphatic rings. The molecule has 2 N–H and O–H groups in total. The minimum atomic E-state index is -0.260. The van der Waals surface area contributed by atoms with Crippen LogP contribution in [0.1, 0.15) is 38.1 Å². The number of H-pyrrole nitrogens is 1. The molecule has 2 aromatic rings. The van der Waals surface area contributed by atoms with E-state index in [1.807, 2.05) is 19.1 Å². The maximum atomic E-state index is 12.1. The smallest absolute Gasteiger partial charge is 0.323 e. The third kappa shape index (κ3) is 2.44. The lowest BCUT2D eigenvalue weighted by molar-refractivity contribution is -0.146. The zero-order valence-corrected chi connectivity index (χ0v) is 12.8. The van der Waals surface area contributed by atoms with Crippen LogP contribution in [0.3, 0.4) is 0 Å². The van der Waals surface area contributed by atoms with Gasteiger partial charge in [-0.05, 0) is 24.5 Å². The second-order valence-corrected chi connectivity index (χ2v) is 5.96. The molecule has 1 aromatic heterocycles. The minimum absolute atomic E-state index is 0.149. The van der Waals surface area contributed by atoms with Crippen molar-refractivity contribution < 1.29 is 9.53 Å². The zero-order valence-electron chi connectivity index (χ0n) is 12.8. The molecule has 1 aromatic carbocycles. The van der Waals surface area contributed by atoms with Crippen molar-refractivity contribution in [1.82, 2.24) is 10.3 Å². The third-order valence-electron chi connectivity index (χ3n) is 4.18. The quantitative estimate of drug-likeness (QED) is 0.853. The van der Waals surface area contributed by atoms with Gasteiger partial charge in [0.15, 0.2) is 0 Å². The standard InChI is InChI=1S/C17H22N2O2/c1-4-21-17(20)14-9-12-11-7-5-6-8-13(11)18-16(12)15(19-14)10(2)3/h5-8,10,14-15,18-19H,4,9H2,1-3H3. The summed E-state index contributed by atoms with van der Waals surface area (Å²) in [7, 11) is 0. The number of benzene rings is 1. The Morgan fingerprint density at radius 1 is 1.38 bits per heavy atom. The first-order valence-electron chi connectivity index (χ1n) is 7.64. The fourth-order valence-corrected chi connectivity index (χ4v) is 3.19. The van der Waals surface area contributed by atoms with Gasteiger partial charge in [0.1, 0.15) is 6.04 Å². The predicted molar refractivity (Wildman–Crippen MR) is 83.1 cm³/mol. The molecular weight excluding hydrogens is 264 g/mol. The number of carbonyl (C=O) groups excluding carboxylic acids is 1. The first-order valence-corrected chi connectivity index (χ1v) is 7.64. The van der Waals surface area contributed by atoms with Crippen LogP contribution >= 0.6 is 0 Å². The van der Waals surface area contributed by atoms with Crippen molar-refractivity contribution in [1.29, 1.82) is 0 Å². The first kappa shape index (κ1) is 14.1. The van der Waals surface area contributed by atoms with Crippen LogP contribution in [0.2, 0.25) is 0 Å². The molecule has 0 saturated heterocycles. The Labute approximate surface area is 124 Å². The summed E-state index contributed by atoms with van der Waals surface area (Å²) in [5.41, 5.74) is 3.60. The van der Waals surface area contributed by atoms with Gasteiger partial charge in [-0.15, -0.1) is 0 Å². The molecule has 0 amide bonds. The van der Waals surface area contributed by atoms with Crippen molar-refractivity contribution in [2.75, 3.05) is 6.61 Å². The number of nitrogens with one attached hydrogen (secondary N) is 2. The Balaban J connectivity index is 2.05. The molecule has 0 aliphatic carbocycles. The third-order valence-corrected chi connectivity index (χ3v) is 4.18. The van der Waals surface area contributed by atoms with Crippen LogP contribution in [0, 0.1) is 5.92 Å². The largest absolute Gasteiger partial charge is 0.465 e. The maximum absolute atomic E-state index is 12.1. The van der Waals surface area contributed by atoms with Gasteiger partial charge in [0, 0.05) is 23.0 Å². The Bertz CT molecular complexity index is 660. The maximum Gasteiger partial charge on any atom is 0.323 e. The van der Waals surface area contributed by atoms with Gasteiger partial charge in [0.05, 0.1) is 12.6 Å². The average molecular weight is 286 g/mol. The zero-order chi connectivity index (χ0) is 15.0. The molecule has 0 saturated carbocycles. The number of rotatable bonds is 3. The van der Waals surface area contributed by atoms with Crippen LogP contribution in [0.4, 0.5) is 0 Å². The molecule has 2 heterocycles. The number of para-hydroxylation sites is 1. The lowest BCUT2D eigenvalue weighted by Crippen LogP contribution is -2.47. The van der Waals surface area contributed by atoms with Gasteiger partial charge < -0.3 is 9.72 Å². The number of esters is 1. The van der Waals surface area contributed by atoms with Gasteiger partial charge in [-0.3, -0.25) is 10.1 Å². The van der Waals surface area contributed by atoms with Crippen LogP contribution in [-0.2, 0) is 16.0 Å². The molecule has 0 spiro atoms. The molecule has 21 heavy (non-hydrogen) atoms. The molecule has 0 fully saturated rings. The molecule has 4 nitrogen and oxygen atoms in total. The second-order valence-electron chi connectivity index (χ2n) is 5.96. The van der Waals surface area contributed by atoms with Gasteiger partial charge in [-0.2, -0.15) is 0 Å². The molecule has 2 atom stereocenters. The van der Waals surface area contributed by atoms with Crippen LogP contribution in [0.25, 0.3) is 10.9 Å². The number of fused-ring (bicyclic) bond motifs is 3. The van der Waals surface area contributed by atoms with Crippen LogP contribution in [0.15, 0.2) is 24.3 Å². The van der Waals surface area contributed by atoms with Crippen molar-refractivity contribution >= 4 is 16.9 Å². The molecule has 112 valence electrons. The van der Waals surface area contributed by atoms with Gasteiger partial charge >= 0.3 is 5.97 Å². The summed E-state index contributed by atoms with van der Waals surface area (Å²) in [6.07, 6.45) is 0.682. The van der Waals surface area contributed by atoms with E-state index >= 15 is 0 Å². The fraction of sp³-hybridized carbons (Fsp3) is 0.471. The van der Waals surface area contributed by atoms with Gasteiger partial charge in [0.2, 0.25) is 0 Å². The summed E-state index contributed by atoms with van der Waals surface area (Å²) in [6.45, 7) is 6.60. The number of carbonyl (C=O) groups is 1. The van der Waals surface area contributed by atoms with Crippen LogP contribution < -0.4 is 5.32 Å². The van der Waals surface area contributed by atoms with Crippen molar-refractivity contribution in [3.05, 3.63) is 35.5 Å². The summed E-state index contributed by atoms with van der Waals surface area (Å²) < 4.78 is 5.20. The Morgan fingerprint density at radius 2 is 2.14 bits per heavy atom. The van der Waals surface area contributed by atoms with E-state index in [0.717, 1.165) is 5.52 Å². The molecule has 0 radical (unpaired) electrons. The van der Waals surface area contributed by atoms with E-state index in [-0.39, 0.29) is 18.1 Å². The minimum Gasteiger partial charge on any atom is -0.465 e. The van der Waals surface area contributed by atoms with Crippen molar-refractivity contribution in [3.63, 3.8) is 0 Å². The van der Waals surface area contributed by atoms with E-state index in [1.165, 1.54) is 16.6 Å². The van der Waals surface area contributed by atoms with E-state index in [1.54, 1.807) is 0 Å². The van der Waals surface area contributed by atoms with Crippen LogP contribution in [-0.4, -0.2) is 23.6 Å². The molecule has 3 rings (SSSR count). The molecule has 2 unspecified atom stereocenters. The van der Waals surface area contributed by atoms with E-state index in [0.29, 0.717) is 18.9 Å². The highest BCUT2D eigenvalue weighted by Crippen LogP contribution is 2.35. The number of hydrogen-bond acceptors (Lipinski definition) is 3. The first-order chi connectivity index (χ1) is 10.1. The lowest BCUT2D eigenvalue weighted by atomic mass is 9.89. The topological polar surface area (TPSA) is 54.1 Å². The summed E-state index contributed by atoms with van der Waals surface area (Å²) in [5.74, 6) is 0.244. The summed E-state index contributed by atoms with van der Waals surface area (Å²) in [6, 6.07) is 8.17. The van der Waals surface area contributed by atoms with E-state index in [9.17, 15) is 4.79 Å². The number of aromatic nitrogens is 1. The monoisotopic (exact) mass is 286 g/mol. The Kier molecular flexibility index (Phi) is 3.72. The summed E-state index contributed by atoms with van der Waals surface area (Å²) in [4.78, 5) is 15.7. The fourth-order valence-electron chi connectivity index (χ4n) is 3.19. The van der Waals surface area contributed by atoms with Gasteiger partial charge in [0.25, 0.3) is 0 Å². The summed E-state index contributed by atoms with van der Waals surface area (Å²) >= 11 is 0. The van der Waals surface area contributed by atoms with Gasteiger partial charge in [-0.25, -0.2) is 0 Å². The Hall–Kier alpha value is -1.81. The highest BCUT2D eigenvalue weighted by Gasteiger charge is 2.34. The highest BCUT2D eigenvalue weighted by molar-refractivity contribution is 5.87. The summed E-state index contributed by atoms with van der Waals surface area (Å²) in [5, 5.41) is 4.67. The number of ether oxygens (including phenoxy) is 1. The van der Waals surface area contributed by atoms with E-state index in [2.05, 4.69) is 36.3 Å². The van der Waals surface area contributed by atoms with E-state index in [4.69, 9.17) is 4.74 Å². The van der Waals surface area contributed by atoms with Gasteiger partial charge in [-0.1, -0.05) is 32.0 Å². The number of aromatic amines is 1. The normalized spacial score (nSPS) is 21.5. The Morgan fingerprint density at radius 3 is 2.86 bits per heavy atom. The molecule has 4 heteroatoms. The number of hydrogen-bond donors (Lipinski definition) is 2. The molecular formula is C17H22N2O2. The SMILES string of the molecule is CCOC(=O)C1Cc2c([nH]c3ccccc23)C(C(C)C)N1. The lowest BCUT2D eigenvalue weighted by Gasteiger charge is -2.32. The predicted octanol–water partition coefficient (Wildman–Crippen LogP) is 2.94. The highest BCUT2D eigenvalue weighted by atomic mass is 16.5. The molecule has 1 aliphatic heterocycles. The van der Waals surface area contributed by atoms with E-state index < -0.39 is 0 Å².